The van der Waals surface area contributed by atoms with Crippen molar-refractivity contribution in [2.75, 3.05) is 0 Å². The third-order valence-corrected chi connectivity index (χ3v) is 7.43. The van der Waals surface area contributed by atoms with Gasteiger partial charge in [0.1, 0.15) is 0 Å². The zero-order valence-electron chi connectivity index (χ0n) is 31.5. The lowest BCUT2D eigenvalue weighted by Gasteiger charge is -1.85. The smallest absolute Gasteiger partial charge is 0.0658 e. The second kappa shape index (κ2) is 26.2. The van der Waals surface area contributed by atoms with Gasteiger partial charge in [0, 0.05) is 71.6 Å². The summed E-state index contributed by atoms with van der Waals surface area (Å²) < 4.78 is 0. The average molecular weight is 829 g/mol. The van der Waals surface area contributed by atoms with Crippen LogP contribution in [-0.4, -0.2) is 39.9 Å². The molecule has 8 nitrogen and oxygen atoms in total. The van der Waals surface area contributed by atoms with E-state index in [2.05, 4.69) is 64.1 Å². The zero-order chi connectivity index (χ0) is 36.4. The SMILES string of the molecule is C1=Cc2cc3ccc(cc4nc(cc5ccc(cc1n2)[nH]5)C=C4)[nH]3.Cc1ccncc1.Cc1ccncc1.Cc1ccncc1.Cc1ccncc1.Cl.Cl.Cl.Cl. The van der Waals surface area contributed by atoms with Crippen LogP contribution in [0.2, 0.25) is 0 Å². The van der Waals surface area contributed by atoms with Crippen LogP contribution in [0.5, 0.6) is 0 Å². The minimum Gasteiger partial charge on any atom is -0.355 e. The number of aromatic amines is 2. The molecule has 0 amide bonds. The number of fused-ring (bicyclic) bond motifs is 8. The predicted molar refractivity (Wildman–Crippen MR) is 244 cm³/mol. The summed E-state index contributed by atoms with van der Waals surface area (Å²) in [7, 11) is 0. The first-order valence-electron chi connectivity index (χ1n) is 16.9. The van der Waals surface area contributed by atoms with E-state index in [4.69, 9.17) is 0 Å². The van der Waals surface area contributed by atoms with Gasteiger partial charge < -0.3 is 9.97 Å². The van der Waals surface area contributed by atoms with Crippen molar-refractivity contribution >= 4 is 96.0 Å². The number of halogens is 4. The van der Waals surface area contributed by atoms with Gasteiger partial charge in [-0.25, -0.2) is 9.97 Å². The Morgan fingerprint density at radius 3 is 0.661 bits per heavy atom. The summed E-state index contributed by atoms with van der Waals surface area (Å²) in [6, 6.07) is 32.1. The third kappa shape index (κ3) is 17.7. The maximum Gasteiger partial charge on any atom is 0.0658 e. The van der Waals surface area contributed by atoms with Gasteiger partial charge in [0.05, 0.1) is 22.8 Å². The Morgan fingerprint density at radius 2 is 0.500 bits per heavy atom. The van der Waals surface area contributed by atoms with Crippen molar-refractivity contribution in [1.29, 1.82) is 0 Å². The van der Waals surface area contributed by atoms with Crippen LogP contribution in [0.15, 0.2) is 147 Å². The quantitative estimate of drug-likeness (QED) is 0.158. The maximum atomic E-state index is 4.63. The molecular formula is C44H46Cl4N8. The lowest BCUT2D eigenvalue weighted by molar-refractivity contribution is 1.29. The van der Waals surface area contributed by atoms with Crippen LogP contribution < -0.4 is 0 Å². The number of pyridine rings is 4. The van der Waals surface area contributed by atoms with E-state index in [-0.39, 0.29) is 49.6 Å². The van der Waals surface area contributed by atoms with Gasteiger partial charge in [0.25, 0.3) is 0 Å². The number of nitrogens with one attached hydrogen (secondary N) is 2. The van der Waals surface area contributed by atoms with E-state index in [1.54, 1.807) is 49.6 Å². The van der Waals surface area contributed by atoms with E-state index in [0.717, 1.165) is 44.8 Å². The Labute approximate surface area is 353 Å². The lowest BCUT2D eigenvalue weighted by Crippen LogP contribution is -1.75. The fraction of sp³-hybridized carbons (Fsp3) is 0.0909. The molecule has 0 saturated heterocycles. The molecule has 0 saturated carbocycles. The monoisotopic (exact) mass is 826 g/mol. The summed E-state index contributed by atoms with van der Waals surface area (Å²) in [5.41, 5.74) is 12.9. The minimum absolute atomic E-state index is 0. The number of hydrogen-bond acceptors (Lipinski definition) is 6. The van der Waals surface area contributed by atoms with Gasteiger partial charge >= 0.3 is 0 Å². The van der Waals surface area contributed by atoms with Crippen LogP contribution in [0.25, 0.3) is 46.4 Å². The minimum atomic E-state index is 0. The van der Waals surface area contributed by atoms with E-state index in [1.807, 2.05) is 125 Å². The molecule has 0 spiro atoms. The molecule has 9 heterocycles. The number of hydrogen-bond donors (Lipinski definition) is 2. The van der Waals surface area contributed by atoms with Crippen molar-refractivity contribution in [2.45, 2.75) is 27.7 Å². The van der Waals surface area contributed by atoms with E-state index < -0.39 is 0 Å². The molecule has 2 N–H and O–H groups in total. The molecule has 2 aliphatic rings. The lowest BCUT2D eigenvalue weighted by atomic mass is 10.3. The third-order valence-electron chi connectivity index (χ3n) is 7.43. The highest BCUT2D eigenvalue weighted by Crippen LogP contribution is 2.17. The van der Waals surface area contributed by atoms with Gasteiger partial charge in [0.2, 0.25) is 0 Å². The van der Waals surface area contributed by atoms with E-state index in [9.17, 15) is 0 Å². The predicted octanol–water partition coefficient (Wildman–Crippen LogP) is 11.9. The van der Waals surface area contributed by atoms with Crippen LogP contribution >= 0.6 is 49.6 Å². The molecule has 0 atom stereocenters. The summed E-state index contributed by atoms with van der Waals surface area (Å²) in [5.74, 6) is 0. The Kier molecular flexibility index (Phi) is 22.6. The van der Waals surface area contributed by atoms with E-state index >= 15 is 0 Å². The van der Waals surface area contributed by atoms with Gasteiger partial charge in [-0.15, -0.1) is 49.6 Å². The Balaban J connectivity index is 0.000000405. The summed E-state index contributed by atoms with van der Waals surface area (Å²) in [6.45, 7) is 8.17. The van der Waals surface area contributed by atoms with Crippen LogP contribution in [0, 0.1) is 27.7 Å². The number of aryl methyl sites for hydroxylation is 4. The second-order valence-electron chi connectivity index (χ2n) is 12.0. The standard InChI is InChI=1S/C20H14N4.4C6H7N.4ClH/c1-2-14-10-16-5-6-18(23-16)12-20-8-7-19(24-20)11-17-4-3-15(22-17)9-13(1)21-14;4*1-6-2-4-7-5-3-6;;;;/h1-12,21,24H;4*2-5H,1H3;4*1H. The molecule has 0 aliphatic carbocycles. The summed E-state index contributed by atoms with van der Waals surface area (Å²) in [6.07, 6.45) is 22.4. The molecule has 2 aliphatic heterocycles. The molecule has 7 aromatic rings. The molecule has 0 radical (unpaired) electrons. The fourth-order valence-corrected chi connectivity index (χ4v) is 4.65. The first kappa shape index (κ1) is 48.4. The van der Waals surface area contributed by atoms with Crippen LogP contribution in [-0.2, 0) is 0 Å². The molecule has 8 bridgehead atoms. The Morgan fingerprint density at radius 1 is 0.304 bits per heavy atom. The highest BCUT2D eigenvalue weighted by Gasteiger charge is 2.01. The van der Waals surface area contributed by atoms with E-state index in [1.165, 1.54) is 22.3 Å². The molecule has 0 fully saturated rings. The Bertz CT molecular complexity index is 2020. The average Bonchev–Trinajstić information content (AvgIpc) is 3.98. The first-order valence-corrected chi connectivity index (χ1v) is 16.9. The van der Waals surface area contributed by atoms with Crippen molar-refractivity contribution < 1.29 is 0 Å². The molecule has 290 valence electrons. The van der Waals surface area contributed by atoms with E-state index in [0.29, 0.717) is 0 Å². The van der Waals surface area contributed by atoms with Gasteiger partial charge in [-0.3, -0.25) is 19.9 Å². The van der Waals surface area contributed by atoms with Gasteiger partial charge in [0.15, 0.2) is 0 Å². The van der Waals surface area contributed by atoms with Crippen molar-refractivity contribution in [3.05, 3.63) is 192 Å². The molecular weight excluding hydrogens is 782 g/mol. The molecule has 9 rings (SSSR count). The number of H-pyrrole nitrogens is 2. The van der Waals surface area contributed by atoms with Gasteiger partial charge in [-0.2, -0.15) is 0 Å². The second-order valence-corrected chi connectivity index (χ2v) is 12.0. The van der Waals surface area contributed by atoms with Crippen molar-refractivity contribution in [1.82, 2.24) is 39.9 Å². The largest absolute Gasteiger partial charge is 0.355 e. The molecule has 56 heavy (non-hydrogen) atoms. The van der Waals surface area contributed by atoms with Gasteiger partial charge in [-0.05, 0) is 171 Å². The van der Waals surface area contributed by atoms with Crippen LogP contribution in [0.4, 0.5) is 0 Å². The van der Waals surface area contributed by atoms with Crippen molar-refractivity contribution in [3.63, 3.8) is 0 Å². The summed E-state index contributed by atoms with van der Waals surface area (Å²) >= 11 is 0. The highest BCUT2D eigenvalue weighted by atomic mass is 35.5. The topological polar surface area (TPSA) is 109 Å². The molecule has 0 unspecified atom stereocenters. The van der Waals surface area contributed by atoms with Crippen molar-refractivity contribution in [2.24, 2.45) is 0 Å². The molecule has 7 aromatic heterocycles. The van der Waals surface area contributed by atoms with Crippen molar-refractivity contribution in [3.8, 4) is 0 Å². The number of nitrogens with zero attached hydrogens (tertiary/aromatic N) is 6. The summed E-state index contributed by atoms with van der Waals surface area (Å²) in [5, 5.41) is 0. The zero-order valence-corrected chi connectivity index (χ0v) is 34.7. The van der Waals surface area contributed by atoms with Gasteiger partial charge in [-0.1, -0.05) is 0 Å². The fourth-order valence-electron chi connectivity index (χ4n) is 4.65. The maximum absolute atomic E-state index is 4.63. The highest BCUT2D eigenvalue weighted by molar-refractivity contribution is 5.86. The molecule has 0 aromatic carbocycles. The Hall–Kier alpha value is -5.64. The number of rotatable bonds is 0. The summed E-state index contributed by atoms with van der Waals surface area (Å²) in [4.78, 5) is 31.4. The molecule has 12 heteroatoms. The first-order chi connectivity index (χ1) is 25.4. The van der Waals surface area contributed by atoms with Crippen LogP contribution in [0.3, 0.4) is 0 Å². The number of aromatic nitrogens is 8. The van der Waals surface area contributed by atoms with Crippen LogP contribution in [0.1, 0.15) is 45.0 Å². The normalized spacial score (nSPS) is 9.79.